The number of hydrogen-bond acceptors (Lipinski definition) is 5. The lowest BCUT2D eigenvalue weighted by atomic mass is 10.2. The maximum absolute atomic E-state index is 12.8. The van der Waals surface area contributed by atoms with Crippen molar-refractivity contribution in [3.63, 3.8) is 0 Å². The fourth-order valence-corrected chi connectivity index (χ4v) is 4.78. The molecule has 2 aromatic carbocycles. The first-order chi connectivity index (χ1) is 16.8. The van der Waals surface area contributed by atoms with E-state index in [1.165, 1.54) is 5.56 Å². The zero-order valence-electron chi connectivity index (χ0n) is 20.3. The van der Waals surface area contributed by atoms with E-state index >= 15 is 0 Å². The van der Waals surface area contributed by atoms with Gasteiger partial charge in [-0.3, -0.25) is 0 Å². The second-order valence-corrected chi connectivity index (χ2v) is 9.46. The van der Waals surface area contributed by atoms with Crippen LogP contribution in [0.4, 0.5) is 16.3 Å². The van der Waals surface area contributed by atoms with Crippen LogP contribution in [-0.4, -0.2) is 57.1 Å². The van der Waals surface area contributed by atoms with E-state index in [1.54, 1.807) is 4.90 Å². The topological polar surface area (TPSA) is 79.2 Å². The Morgan fingerprint density at radius 3 is 2.29 bits per heavy atom. The molecule has 5 rings (SSSR count). The third-order valence-corrected chi connectivity index (χ3v) is 6.81. The van der Waals surface area contributed by atoms with Gasteiger partial charge in [0.15, 0.2) is 5.82 Å². The number of urea groups is 1. The van der Waals surface area contributed by atoms with Gasteiger partial charge in [-0.25, -0.2) is 9.48 Å². The quantitative estimate of drug-likeness (QED) is 0.435. The van der Waals surface area contributed by atoms with Crippen LogP contribution in [0.5, 0.6) is 0 Å². The number of nitrogens with zero attached hydrogens (tertiary/aromatic N) is 6. The molecule has 0 bridgehead atoms. The molecule has 9 heteroatoms. The van der Waals surface area contributed by atoms with Crippen molar-refractivity contribution in [1.29, 1.82) is 0 Å². The molecule has 1 aliphatic heterocycles. The molecule has 35 heavy (non-hydrogen) atoms. The molecule has 3 heterocycles. The highest BCUT2D eigenvalue weighted by atomic mass is 35.5. The zero-order valence-corrected chi connectivity index (χ0v) is 21.1. The third kappa shape index (κ3) is 4.41. The van der Waals surface area contributed by atoms with Gasteiger partial charge in [0.05, 0.1) is 33.2 Å². The van der Waals surface area contributed by atoms with Gasteiger partial charge in [-0.1, -0.05) is 35.4 Å². The van der Waals surface area contributed by atoms with Crippen LogP contribution in [0, 0.1) is 27.7 Å². The average molecular weight is 490 g/mol. The monoisotopic (exact) mass is 489 g/mol. The predicted molar refractivity (Wildman–Crippen MR) is 140 cm³/mol. The number of nitrogens with one attached hydrogen (secondary N) is 1. The van der Waals surface area contributed by atoms with E-state index in [0.29, 0.717) is 36.9 Å². The summed E-state index contributed by atoms with van der Waals surface area (Å²) >= 11 is 6.29. The van der Waals surface area contributed by atoms with Crippen molar-refractivity contribution in [2.24, 2.45) is 0 Å². The van der Waals surface area contributed by atoms with Crippen molar-refractivity contribution in [3.05, 3.63) is 70.0 Å². The number of anilines is 2. The Bertz CT molecular complexity index is 1410. The molecule has 0 spiro atoms. The molecule has 1 saturated heterocycles. The van der Waals surface area contributed by atoms with Crippen LogP contribution >= 0.6 is 11.6 Å². The lowest BCUT2D eigenvalue weighted by Gasteiger charge is -2.35. The Morgan fingerprint density at radius 1 is 0.914 bits per heavy atom. The minimum absolute atomic E-state index is 0.157. The summed E-state index contributed by atoms with van der Waals surface area (Å²) in [5.74, 6) is 0.751. The fourth-order valence-electron chi connectivity index (χ4n) is 4.50. The van der Waals surface area contributed by atoms with Crippen molar-refractivity contribution >= 4 is 40.0 Å². The first kappa shape index (κ1) is 23.1. The van der Waals surface area contributed by atoms with Crippen LogP contribution in [0.25, 0.3) is 16.6 Å². The molecular formula is C26H28ClN7O. The summed E-state index contributed by atoms with van der Waals surface area (Å²) in [5, 5.41) is 18.4. The normalized spacial score (nSPS) is 14.0. The summed E-state index contributed by atoms with van der Waals surface area (Å²) in [6.07, 6.45) is 0. The van der Waals surface area contributed by atoms with E-state index in [0.717, 1.165) is 39.4 Å². The molecule has 0 atom stereocenters. The second-order valence-electron chi connectivity index (χ2n) is 9.05. The largest absolute Gasteiger partial charge is 0.350 e. The summed E-state index contributed by atoms with van der Waals surface area (Å²) < 4.78 is 1.96. The van der Waals surface area contributed by atoms with E-state index in [-0.39, 0.29) is 6.03 Å². The van der Waals surface area contributed by atoms with E-state index in [1.807, 2.05) is 36.7 Å². The summed E-state index contributed by atoms with van der Waals surface area (Å²) in [4.78, 5) is 16.8. The van der Waals surface area contributed by atoms with Gasteiger partial charge in [0.2, 0.25) is 0 Å². The van der Waals surface area contributed by atoms with Crippen LogP contribution in [0.1, 0.15) is 22.5 Å². The van der Waals surface area contributed by atoms with Crippen molar-refractivity contribution in [3.8, 4) is 5.69 Å². The number of carbonyl (C=O) groups excluding carboxylic acids is 1. The fraction of sp³-hybridized carbons (Fsp3) is 0.308. The highest BCUT2D eigenvalue weighted by Crippen LogP contribution is 2.30. The molecule has 0 saturated carbocycles. The average Bonchev–Trinajstić information content (AvgIpc) is 3.19. The summed E-state index contributed by atoms with van der Waals surface area (Å²) in [6, 6.07) is 13.8. The lowest BCUT2D eigenvalue weighted by Crippen LogP contribution is -2.50. The third-order valence-electron chi connectivity index (χ3n) is 6.50. The minimum Gasteiger partial charge on any atom is -0.350 e. The maximum Gasteiger partial charge on any atom is 0.322 e. The van der Waals surface area contributed by atoms with Gasteiger partial charge in [-0.2, -0.15) is 10.2 Å². The number of amides is 2. The molecule has 0 unspecified atom stereocenters. The van der Waals surface area contributed by atoms with Crippen molar-refractivity contribution in [2.75, 3.05) is 36.4 Å². The second kappa shape index (κ2) is 9.19. The summed E-state index contributed by atoms with van der Waals surface area (Å²) in [7, 11) is 0. The number of fused-ring (bicyclic) bond motifs is 1. The molecule has 1 fully saturated rings. The number of carbonyl (C=O) groups is 1. The maximum atomic E-state index is 12.8. The number of aromatic nitrogens is 4. The van der Waals surface area contributed by atoms with Gasteiger partial charge < -0.3 is 15.1 Å². The van der Waals surface area contributed by atoms with Crippen LogP contribution in [-0.2, 0) is 0 Å². The molecule has 180 valence electrons. The van der Waals surface area contributed by atoms with Crippen molar-refractivity contribution in [2.45, 2.75) is 27.7 Å². The van der Waals surface area contributed by atoms with Gasteiger partial charge in [-0.05, 0) is 57.5 Å². The van der Waals surface area contributed by atoms with E-state index in [9.17, 15) is 4.79 Å². The Labute approximate surface area is 209 Å². The number of halogens is 1. The number of benzene rings is 2. The van der Waals surface area contributed by atoms with Crippen molar-refractivity contribution < 1.29 is 4.79 Å². The molecule has 1 aliphatic rings. The van der Waals surface area contributed by atoms with Crippen molar-refractivity contribution in [1.82, 2.24) is 24.9 Å². The van der Waals surface area contributed by atoms with Gasteiger partial charge in [0.1, 0.15) is 5.52 Å². The molecule has 8 nitrogen and oxygen atoms in total. The van der Waals surface area contributed by atoms with Gasteiger partial charge in [0, 0.05) is 26.2 Å². The number of rotatable bonds is 3. The van der Waals surface area contributed by atoms with Crippen LogP contribution < -0.4 is 10.2 Å². The zero-order chi connectivity index (χ0) is 24.7. The smallest absolute Gasteiger partial charge is 0.322 e. The Kier molecular flexibility index (Phi) is 6.06. The first-order valence-electron chi connectivity index (χ1n) is 11.7. The van der Waals surface area contributed by atoms with Crippen LogP contribution in [0.2, 0.25) is 5.02 Å². The summed E-state index contributed by atoms with van der Waals surface area (Å²) in [5.41, 5.74) is 6.60. The number of piperazine rings is 1. The van der Waals surface area contributed by atoms with E-state index < -0.39 is 0 Å². The van der Waals surface area contributed by atoms with E-state index in [2.05, 4.69) is 58.5 Å². The standard InChI is InChI=1S/C26H28ClN7O/c1-16-5-8-20(9-6-16)34-19(4)23-18(3)29-30-25(24(23)31-34)32-11-13-33(14-12-32)26(35)28-22-10-7-17(2)15-21(22)27/h5-10,15H,11-14H2,1-4H3,(H,28,35). The predicted octanol–water partition coefficient (Wildman–Crippen LogP) is 5.06. The highest BCUT2D eigenvalue weighted by Gasteiger charge is 2.26. The molecule has 1 N–H and O–H groups in total. The molecule has 4 aromatic rings. The van der Waals surface area contributed by atoms with E-state index in [4.69, 9.17) is 16.7 Å². The Balaban J connectivity index is 1.36. The lowest BCUT2D eigenvalue weighted by molar-refractivity contribution is 0.208. The number of hydrogen-bond donors (Lipinski definition) is 1. The highest BCUT2D eigenvalue weighted by molar-refractivity contribution is 6.33. The Morgan fingerprint density at radius 2 is 1.60 bits per heavy atom. The van der Waals surface area contributed by atoms with Gasteiger partial charge >= 0.3 is 6.03 Å². The van der Waals surface area contributed by atoms with Crippen LogP contribution in [0.3, 0.4) is 0 Å². The van der Waals surface area contributed by atoms with Gasteiger partial charge in [-0.15, -0.1) is 5.10 Å². The first-order valence-corrected chi connectivity index (χ1v) is 12.1. The molecule has 2 amide bonds. The molecular weight excluding hydrogens is 462 g/mol. The SMILES string of the molecule is Cc1ccc(-n2nc3c(N4CCN(C(=O)Nc5ccc(C)cc5Cl)CC4)nnc(C)c3c2C)cc1. The molecule has 0 aliphatic carbocycles. The summed E-state index contributed by atoms with van der Waals surface area (Å²) in [6.45, 7) is 10.5. The number of aryl methyl sites for hydroxylation is 4. The molecule has 2 aromatic heterocycles. The minimum atomic E-state index is -0.157. The van der Waals surface area contributed by atoms with Gasteiger partial charge in [0.25, 0.3) is 0 Å². The molecule has 0 radical (unpaired) electrons. The van der Waals surface area contributed by atoms with Crippen LogP contribution in [0.15, 0.2) is 42.5 Å². The Hall–Kier alpha value is -3.65.